The largest absolute Gasteiger partial charge is 0.352 e. The van der Waals surface area contributed by atoms with E-state index in [1.165, 1.54) is 12.1 Å². The Labute approximate surface area is 128 Å². The SMILES string of the molecule is O=C(NCCc1ncc[nH]1)c1cc([N+](=O)[O-])ccc1I. The number of nitrogens with zero attached hydrogens (tertiary/aromatic N) is 2. The van der Waals surface area contributed by atoms with Gasteiger partial charge < -0.3 is 10.3 Å². The first-order chi connectivity index (χ1) is 9.58. The summed E-state index contributed by atoms with van der Waals surface area (Å²) in [6, 6.07) is 4.21. The lowest BCUT2D eigenvalue weighted by Crippen LogP contribution is -2.26. The molecule has 20 heavy (non-hydrogen) atoms. The van der Waals surface area contributed by atoms with E-state index >= 15 is 0 Å². The van der Waals surface area contributed by atoms with E-state index in [2.05, 4.69) is 15.3 Å². The summed E-state index contributed by atoms with van der Waals surface area (Å²) >= 11 is 1.98. The fraction of sp³-hybridized carbons (Fsp3) is 0.167. The first kappa shape index (κ1) is 14.4. The van der Waals surface area contributed by atoms with E-state index in [0.717, 1.165) is 5.82 Å². The summed E-state index contributed by atoms with van der Waals surface area (Å²) in [6.45, 7) is 0.408. The highest BCUT2D eigenvalue weighted by Crippen LogP contribution is 2.19. The topological polar surface area (TPSA) is 101 Å². The van der Waals surface area contributed by atoms with Gasteiger partial charge in [0.25, 0.3) is 11.6 Å². The highest BCUT2D eigenvalue weighted by atomic mass is 127. The standard InChI is InChI=1S/C12H11IN4O3/c13-10-2-1-8(17(19)20)7-9(10)12(18)16-4-3-11-14-5-6-15-11/h1-2,5-7H,3-4H2,(H,14,15)(H,16,18). The summed E-state index contributed by atoms with van der Waals surface area (Å²) in [6.07, 6.45) is 3.92. The minimum absolute atomic E-state index is 0.0957. The number of carbonyl (C=O) groups is 1. The minimum Gasteiger partial charge on any atom is -0.352 e. The van der Waals surface area contributed by atoms with Crippen molar-refractivity contribution in [2.24, 2.45) is 0 Å². The van der Waals surface area contributed by atoms with Crippen LogP contribution in [-0.4, -0.2) is 27.3 Å². The zero-order valence-corrected chi connectivity index (χ0v) is 12.5. The van der Waals surface area contributed by atoms with Crippen LogP contribution >= 0.6 is 22.6 Å². The van der Waals surface area contributed by atoms with Crippen molar-refractivity contribution in [3.8, 4) is 0 Å². The monoisotopic (exact) mass is 386 g/mol. The first-order valence-electron chi connectivity index (χ1n) is 5.78. The predicted molar refractivity (Wildman–Crippen MR) is 80.4 cm³/mol. The summed E-state index contributed by atoms with van der Waals surface area (Å²) in [5.41, 5.74) is 0.209. The molecule has 0 spiro atoms. The summed E-state index contributed by atoms with van der Waals surface area (Å²) in [5.74, 6) is 0.448. The Balaban J connectivity index is 2.01. The van der Waals surface area contributed by atoms with Crippen LogP contribution in [0.2, 0.25) is 0 Å². The van der Waals surface area contributed by atoms with Crippen molar-refractivity contribution in [3.05, 3.63) is 55.7 Å². The molecule has 0 aliphatic heterocycles. The lowest BCUT2D eigenvalue weighted by Gasteiger charge is -2.06. The van der Waals surface area contributed by atoms with Gasteiger partial charge in [0.15, 0.2) is 0 Å². The molecule has 7 nitrogen and oxygen atoms in total. The van der Waals surface area contributed by atoms with Crippen molar-refractivity contribution in [1.82, 2.24) is 15.3 Å². The number of H-pyrrole nitrogens is 1. The smallest absolute Gasteiger partial charge is 0.270 e. The van der Waals surface area contributed by atoms with Gasteiger partial charge in [-0.15, -0.1) is 0 Å². The van der Waals surface area contributed by atoms with Crippen LogP contribution in [0.25, 0.3) is 0 Å². The second-order valence-corrected chi connectivity index (χ2v) is 5.13. The first-order valence-corrected chi connectivity index (χ1v) is 6.86. The van der Waals surface area contributed by atoms with E-state index < -0.39 is 4.92 Å². The number of imidazole rings is 1. The molecule has 8 heteroatoms. The highest BCUT2D eigenvalue weighted by molar-refractivity contribution is 14.1. The fourth-order valence-electron chi connectivity index (χ4n) is 1.63. The van der Waals surface area contributed by atoms with Crippen LogP contribution in [-0.2, 0) is 6.42 Å². The molecule has 0 fully saturated rings. The summed E-state index contributed by atoms with van der Waals surface area (Å²) in [7, 11) is 0. The van der Waals surface area contributed by atoms with Crippen molar-refractivity contribution in [2.45, 2.75) is 6.42 Å². The molecule has 0 atom stereocenters. The van der Waals surface area contributed by atoms with Crippen LogP contribution in [0.1, 0.15) is 16.2 Å². The Morgan fingerprint density at radius 2 is 2.30 bits per heavy atom. The molecule has 1 heterocycles. The van der Waals surface area contributed by atoms with Crippen LogP contribution in [0.3, 0.4) is 0 Å². The number of aromatic amines is 1. The Bertz CT molecular complexity index is 628. The second-order valence-electron chi connectivity index (χ2n) is 3.96. The van der Waals surface area contributed by atoms with Gasteiger partial charge in [0.1, 0.15) is 5.82 Å². The fourth-order valence-corrected chi connectivity index (χ4v) is 2.21. The quantitative estimate of drug-likeness (QED) is 0.466. The summed E-state index contributed by atoms with van der Waals surface area (Å²) < 4.78 is 0.670. The van der Waals surface area contributed by atoms with Crippen LogP contribution < -0.4 is 5.32 Å². The van der Waals surface area contributed by atoms with Crippen molar-refractivity contribution in [2.75, 3.05) is 6.54 Å². The number of benzene rings is 1. The van der Waals surface area contributed by atoms with Crippen molar-refractivity contribution < 1.29 is 9.72 Å². The molecule has 0 saturated carbocycles. The number of hydrogen-bond donors (Lipinski definition) is 2. The number of rotatable bonds is 5. The molecule has 1 amide bonds. The molecule has 2 N–H and O–H groups in total. The Kier molecular flexibility index (Phi) is 4.66. The molecule has 104 valence electrons. The maximum absolute atomic E-state index is 12.0. The van der Waals surface area contributed by atoms with Crippen molar-refractivity contribution >= 4 is 34.2 Å². The zero-order chi connectivity index (χ0) is 14.5. The Morgan fingerprint density at radius 3 is 2.95 bits per heavy atom. The Hall–Kier alpha value is -1.97. The van der Waals surface area contributed by atoms with E-state index in [1.54, 1.807) is 18.5 Å². The van der Waals surface area contributed by atoms with Crippen molar-refractivity contribution in [3.63, 3.8) is 0 Å². The van der Waals surface area contributed by atoms with E-state index in [9.17, 15) is 14.9 Å². The summed E-state index contributed by atoms with van der Waals surface area (Å²) in [5, 5.41) is 13.4. The van der Waals surface area contributed by atoms with Gasteiger partial charge >= 0.3 is 0 Å². The molecule has 0 saturated heterocycles. The van der Waals surface area contributed by atoms with Gasteiger partial charge in [0.2, 0.25) is 0 Å². The summed E-state index contributed by atoms with van der Waals surface area (Å²) in [4.78, 5) is 29.2. The zero-order valence-electron chi connectivity index (χ0n) is 10.3. The molecule has 2 rings (SSSR count). The number of amides is 1. The minimum atomic E-state index is -0.518. The Morgan fingerprint density at radius 1 is 1.50 bits per heavy atom. The molecule has 2 aromatic rings. The van der Waals surface area contributed by atoms with E-state index in [-0.39, 0.29) is 11.6 Å². The molecule has 0 bridgehead atoms. The van der Waals surface area contributed by atoms with E-state index in [0.29, 0.717) is 22.1 Å². The average molecular weight is 386 g/mol. The normalized spacial score (nSPS) is 10.2. The predicted octanol–water partition coefficient (Wildman–Crippen LogP) is 1.89. The second kappa shape index (κ2) is 6.46. The van der Waals surface area contributed by atoms with Gasteiger partial charge in [0, 0.05) is 41.1 Å². The molecule has 0 radical (unpaired) electrons. The lowest BCUT2D eigenvalue weighted by atomic mass is 10.2. The number of nitro groups is 1. The third-order valence-corrected chi connectivity index (χ3v) is 3.55. The van der Waals surface area contributed by atoms with E-state index in [1.807, 2.05) is 22.6 Å². The number of carbonyl (C=O) groups excluding carboxylic acids is 1. The highest BCUT2D eigenvalue weighted by Gasteiger charge is 2.15. The molecule has 1 aromatic heterocycles. The number of hydrogen-bond acceptors (Lipinski definition) is 4. The maximum Gasteiger partial charge on any atom is 0.270 e. The van der Waals surface area contributed by atoms with Gasteiger partial charge in [-0.25, -0.2) is 4.98 Å². The lowest BCUT2D eigenvalue weighted by molar-refractivity contribution is -0.384. The van der Waals surface area contributed by atoms with Crippen LogP contribution in [0.15, 0.2) is 30.6 Å². The van der Waals surface area contributed by atoms with Gasteiger partial charge in [-0.3, -0.25) is 14.9 Å². The van der Waals surface area contributed by atoms with E-state index in [4.69, 9.17) is 0 Å². The third kappa shape index (κ3) is 3.53. The number of non-ortho nitro benzene ring substituents is 1. The van der Waals surface area contributed by atoms with Gasteiger partial charge in [-0.05, 0) is 28.7 Å². The van der Waals surface area contributed by atoms with Crippen molar-refractivity contribution in [1.29, 1.82) is 0 Å². The maximum atomic E-state index is 12.0. The molecular formula is C12H11IN4O3. The molecule has 0 aliphatic rings. The number of halogens is 1. The van der Waals surface area contributed by atoms with Crippen LogP contribution in [0, 0.1) is 13.7 Å². The number of nitrogens with one attached hydrogen (secondary N) is 2. The average Bonchev–Trinajstić information content (AvgIpc) is 2.92. The van der Waals surface area contributed by atoms with Crippen LogP contribution in [0.4, 0.5) is 5.69 Å². The third-order valence-electron chi connectivity index (χ3n) is 2.61. The molecule has 0 aliphatic carbocycles. The molecular weight excluding hydrogens is 375 g/mol. The van der Waals surface area contributed by atoms with Gasteiger partial charge in [0.05, 0.1) is 10.5 Å². The van der Waals surface area contributed by atoms with Gasteiger partial charge in [-0.2, -0.15) is 0 Å². The van der Waals surface area contributed by atoms with Crippen LogP contribution in [0.5, 0.6) is 0 Å². The molecule has 0 unspecified atom stereocenters. The number of aromatic nitrogens is 2. The van der Waals surface area contributed by atoms with Gasteiger partial charge in [-0.1, -0.05) is 0 Å². The molecule has 1 aromatic carbocycles. The number of nitro benzene ring substituents is 1.